The van der Waals surface area contributed by atoms with Gasteiger partial charge in [-0.25, -0.2) is 0 Å². The zero-order valence-corrected chi connectivity index (χ0v) is 12.5. The first kappa shape index (κ1) is 16.0. The molecule has 2 aromatic carbocycles. The predicted octanol–water partition coefficient (Wildman–Crippen LogP) is 2.87. The normalized spacial score (nSPS) is 10.4. The number of ether oxygens (including phenoxy) is 1. The van der Waals surface area contributed by atoms with Crippen molar-refractivity contribution in [2.24, 2.45) is 0 Å². The Morgan fingerprint density at radius 2 is 1.77 bits per heavy atom. The molecule has 0 atom stereocenters. The summed E-state index contributed by atoms with van der Waals surface area (Å²) in [7, 11) is 0. The quantitative estimate of drug-likeness (QED) is 0.699. The van der Waals surface area contributed by atoms with Crippen LogP contribution in [-0.4, -0.2) is 24.2 Å². The number of carboxylic acid groups (broad SMARTS) is 1. The zero-order valence-electron chi connectivity index (χ0n) is 12.5. The first-order valence-corrected chi connectivity index (χ1v) is 7.42. The van der Waals surface area contributed by atoms with Crippen LogP contribution in [0, 0.1) is 0 Å². The maximum Gasteiger partial charge on any atom is 0.304 e. The summed E-state index contributed by atoms with van der Waals surface area (Å²) < 4.78 is 5.79. The van der Waals surface area contributed by atoms with Gasteiger partial charge in [0.15, 0.2) is 0 Å². The van der Waals surface area contributed by atoms with Crippen molar-refractivity contribution in [1.82, 2.24) is 5.32 Å². The molecule has 0 amide bonds. The van der Waals surface area contributed by atoms with E-state index in [0.29, 0.717) is 13.2 Å². The lowest BCUT2D eigenvalue weighted by Crippen LogP contribution is -2.20. The van der Waals surface area contributed by atoms with Crippen molar-refractivity contribution in [3.05, 3.63) is 65.7 Å². The first-order valence-electron chi connectivity index (χ1n) is 7.42. The molecule has 0 bridgehead atoms. The van der Waals surface area contributed by atoms with Crippen LogP contribution in [-0.2, 0) is 17.8 Å². The van der Waals surface area contributed by atoms with E-state index in [1.54, 1.807) is 0 Å². The zero-order chi connectivity index (χ0) is 15.6. The number of carboxylic acids is 1. The van der Waals surface area contributed by atoms with Crippen molar-refractivity contribution in [2.75, 3.05) is 13.1 Å². The van der Waals surface area contributed by atoms with Gasteiger partial charge in [0.1, 0.15) is 12.4 Å². The van der Waals surface area contributed by atoms with Crippen molar-refractivity contribution in [3.63, 3.8) is 0 Å². The second-order valence-electron chi connectivity index (χ2n) is 5.07. The average Bonchev–Trinajstić information content (AvgIpc) is 2.54. The number of rotatable bonds is 9. The molecule has 0 aliphatic heterocycles. The molecule has 0 radical (unpaired) electrons. The van der Waals surface area contributed by atoms with Crippen LogP contribution in [0.5, 0.6) is 5.75 Å². The lowest BCUT2D eigenvalue weighted by atomic mass is 10.1. The summed E-state index contributed by atoms with van der Waals surface area (Å²) in [6.45, 7) is 1.82. The number of hydrogen-bond donors (Lipinski definition) is 2. The Labute approximate surface area is 130 Å². The summed E-state index contributed by atoms with van der Waals surface area (Å²) in [5, 5.41) is 11.7. The molecular weight excluding hydrogens is 278 g/mol. The van der Waals surface area contributed by atoms with Gasteiger partial charge in [0.05, 0.1) is 6.42 Å². The highest BCUT2D eigenvalue weighted by molar-refractivity contribution is 5.66. The smallest absolute Gasteiger partial charge is 0.304 e. The SMILES string of the molecule is O=C(O)CCNCCc1cccc(OCc2ccccc2)c1. The van der Waals surface area contributed by atoms with Gasteiger partial charge in [-0.1, -0.05) is 42.5 Å². The third kappa shape index (κ3) is 5.97. The van der Waals surface area contributed by atoms with Crippen molar-refractivity contribution in [2.45, 2.75) is 19.4 Å². The Morgan fingerprint density at radius 3 is 2.55 bits per heavy atom. The van der Waals surface area contributed by atoms with E-state index in [9.17, 15) is 4.79 Å². The molecule has 0 aromatic heterocycles. The van der Waals surface area contributed by atoms with Crippen LogP contribution in [0.4, 0.5) is 0 Å². The van der Waals surface area contributed by atoms with E-state index in [1.165, 1.54) is 5.56 Å². The molecule has 0 aliphatic carbocycles. The molecule has 4 heteroatoms. The molecule has 2 aromatic rings. The Bertz CT molecular complexity index is 584. The first-order chi connectivity index (χ1) is 10.7. The van der Waals surface area contributed by atoms with E-state index in [-0.39, 0.29) is 6.42 Å². The number of carbonyl (C=O) groups is 1. The van der Waals surface area contributed by atoms with Crippen molar-refractivity contribution in [3.8, 4) is 5.75 Å². The summed E-state index contributed by atoms with van der Waals surface area (Å²) in [5.41, 5.74) is 2.32. The monoisotopic (exact) mass is 299 g/mol. The van der Waals surface area contributed by atoms with Gasteiger partial charge in [0, 0.05) is 6.54 Å². The summed E-state index contributed by atoms with van der Waals surface area (Å²) >= 11 is 0. The third-order valence-corrected chi connectivity index (χ3v) is 3.25. The number of hydrogen-bond acceptors (Lipinski definition) is 3. The van der Waals surface area contributed by atoms with E-state index in [0.717, 1.165) is 24.3 Å². The lowest BCUT2D eigenvalue weighted by Gasteiger charge is -2.08. The molecule has 0 unspecified atom stereocenters. The maximum absolute atomic E-state index is 10.4. The van der Waals surface area contributed by atoms with Gasteiger partial charge < -0.3 is 15.2 Å². The number of benzene rings is 2. The Balaban J connectivity index is 1.76. The van der Waals surface area contributed by atoms with Crippen LogP contribution in [0.2, 0.25) is 0 Å². The van der Waals surface area contributed by atoms with Crippen LogP contribution in [0.25, 0.3) is 0 Å². The summed E-state index contributed by atoms with van der Waals surface area (Å²) in [5.74, 6) is 0.0794. The molecule has 116 valence electrons. The number of nitrogens with one attached hydrogen (secondary N) is 1. The highest BCUT2D eigenvalue weighted by Gasteiger charge is 1.99. The molecule has 2 rings (SSSR count). The third-order valence-electron chi connectivity index (χ3n) is 3.25. The van der Waals surface area contributed by atoms with E-state index in [4.69, 9.17) is 9.84 Å². The Kier molecular flexibility index (Phi) is 6.45. The molecule has 0 saturated carbocycles. The van der Waals surface area contributed by atoms with Gasteiger partial charge in [-0.05, 0) is 36.2 Å². The fourth-order valence-corrected chi connectivity index (χ4v) is 2.08. The summed E-state index contributed by atoms with van der Waals surface area (Å²) in [6, 6.07) is 18.1. The highest BCUT2D eigenvalue weighted by atomic mass is 16.5. The van der Waals surface area contributed by atoms with E-state index in [2.05, 4.69) is 5.32 Å². The Morgan fingerprint density at radius 1 is 1.00 bits per heavy atom. The van der Waals surface area contributed by atoms with Gasteiger partial charge in [-0.15, -0.1) is 0 Å². The van der Waals surface area contributed by atoms with Crippen LogP contribution >= 0.6 is 0 Å². The molecule has 4 nitrogen and oxygen atoms in total. The predicted molar refractivity (Wildman–Crippen MR) is 86.0 cm³/mol. The molecule has 22 heavy (non-hydrogen) atoms. The van der Waals surface area contributed by atoms with Gasteiger partial charge >= 0.3 is 5.97 Å². The van der Waals surface area contributed by atoms with Crippen LogP contribution < -0.4 is 10.1 Å². The Hall–Kier alpha value is -2.33. The molecule has 0 spiro atoms. The van der Waals surface area contributed by atoms with Crippen LogP contribution in [0.3, 0.4) is 0 Å². The summed E-state index contributed by atoms with van der Waals surface area (Å²) in [6.07, 6.45) is 1.00. The van der Waals surface area contributed by atoms with Gasteiger partial charge in [-0.2, -0.15) is 0 Å². The molecule has 0 aliphatic rings. The average molecular weight is 299 g/mol. The van der Waals surface area contributed by atoms with Gasteiger partial charge in [-0.3, -0.25) is 4.79 Å². The van der Waals surface area contributed by atoms with E-state index < -0.39 is 5.97 Å². The molecule has 2 N–H and O–H groups in total. The minimum atomic E-state index is -0.774. The fraction of sp³-hybridized carbons (Fsp3) is 0.278. The molecule has 0 fully saturated rings. The number of aliphatic carboxylic acids is 1. The minimum absolute atomic E-state index is 0.153. The summed E-state index contributed by atoms with van der Waals surface area (Å²) in [4.78, 5) is 10.4. The van der Waals surface area contributed by atoms with E-state index >= 15 is 0 Å². The highest BCUT2D eigenvalue weighted by Crippen LogP contribution is 2.15. The van der Waals surface area contributed by atoms with Crippen LogP contribution in [0.15, 0.2) is 54.6 Å². The second kappa shape index (κ2) is 8.85. The molecule has 0 heterocycles. The van der Waals surface area contributed by atoms with Crippen molar-refractivity contribution in [1.29, 1.82) is 0 Å². The second-order valence-corrected chi connectivity index (χ2v) is 5.07. The molecular formula is C18H21NO3. The topological polar surface area (TPSA) is 58.6 Å². The maximum atomic E-state index is 10.4. The standard InChI is InChI=1S/C18H21NO3/c20-18(21)10-12-19-11-9-15-7-4-8-17(13-15)22-14-16-5-2-1-3-6-16/h1-8,13,19H,9-12,14H2,(H,20,21). The van der Waals surface area contributed by atoms with Gasteiger partial charge in [0.2, 0.25) is 0 Å². The molecule has 0 saturated heterocycles. The van der Waals surface area contributed by atoms with Crippen LogP contribution in [0.1, 0.15) is 17.5 Å². The lowest BCUT2D eigenvalue weighted by molar-refractivity contribution is -0.136. The largest absolute Gasteiger partial charge is 0.489 e. The van der Waals surface area contributed by atoms with Crippen molar-refractivity contribution < 1.29 is 14.6 Å². The van der Waals surface area contributed by atoms with Crippen molar-refractivity contribution >= 4 is 5.97 Å². The fourth-order valence-electron chi connectivity index (χ4n) is 2.08. The minimum Gasteiger partial charge on any atom is -0.489 e. The van der Waals surface area contributed by atoms with Gasteiger partial charge in [0.25, 0.3) is 0 Å². The van der Waals surface area contributed by atoms with E-state index in [1.807, 2.05) is 54.6 Å².